The molecular formula is C8H14F2N2O3. The van der Waals surface area contributed by atoms with E-state index in [-0.39, 0.29) is 6.42 Å². The zero-order chi connectivity index (χ0) is 12.0. The molecule has 0 saturated carbocycles. The van der Waals surface area contributed by atoms with Crippen LogP contribution >= 0.6 is 0 Å². The monoisotopic (exact) mass is 224 g/mol. The second-order valence-corrected chi connectivity index (χ2v) is 3.02. The highest BCUT2D eigenvalue weighted by atomic mass is 19.3. The lowest BCUT2D eigenvalue weighted by Gasteiger charge is -2.20. The normalized spacial score (nSPS) is 12.3. The molecule has 0 aliphatic heterocycles. The number of aliphatic carboxylic acids is 1. The van der Waals surface area contributed by atoms with Gasteiger partial charge in [0.1, 0.15) is 6.04 Å². The number of carboxylic acids is 1. The Morgan fingerprint density at radius 2 is 2.00 bits per heavy atom. The molecule has 0 saturated heterocycles. The van der Waals surface area contributed by atoms with Crippen LogP contribution in [0, 0.1) is 0 Å². The number of nitrogens with zero attached hydrogens (tertiary/aromatic N) is 1. The summed E-state index contributed by atoms with van der Waals surface area (Å²) in [5.74, 6) is -1.18. The summed E-state index contributed by atoms with van der Waals surface area (Å²) in [7, 11) is 1.18. The van der Waals surface area contributed by atoms with Crippen LogP contribution in [0.5, 0.6) is 0 Å². The Hall–Kier alpha value is -1.40. The van der Waals surface area contributed by atoms with Crippen LogP contribution in [0.25, 0.3) is 0 Å². The summed E-state index contributed by atoms with van der Waals surface area (Å²) in [6.45, 7) is 0.855. The van der Waals surface area contributed by atoms with Crippen LogP contribution in [-0.2, 0) is 4.79 Å². The molecule has 0 radical (unpaired) electrons. The molecule has 0 aliphatic carbocycles. The van der Waals surface area contributed by atoms with Crippen molar-refractivity contribution in [3.05, 3.63) is 0 Å². The van der Waals surface area contributed by atoms with Crippen LogP contribution in [0.4, 0.5) is 13.6 Å². The summed E-state index contributed by atoms with van der Waals surface area (Å²) < 4.78 is 23.8. The number of urea groups is 1. The average molecular weight is 224 g/mol. The van der Waals surface area contributed by atoms with E-state index >= 15 is 0 Å². The Labute approximate surface area is 86.1 Å². The molecule has 15 heavy (non-hydrogen) atoms. The fourth-order valence-electron chi connectivity index (χ4n) is 0.888. The Balaban J connectivity index is 4.16. The number of nitrogens with one attached hydrogen (secondary N) is 1. The van der Waals surface area contributed by atoms with Gasteiger partial charge in [-0.1, -0.05) is 6.92 Å². The first-order valence-electron chi connectivity index (χ1n) is 4.41. The van der Waals surface area contributed by atoms with Crippen molar-refractivity contribution in [3.63, 3.8) is 0 Å². The summed E-state index contributed by atoms with van der Waals surface area (Å²) in [5, 5.41) is 10.7. The molecule has 2 amide bonds. The van der Waals surface area contributed by atoms with Crippen molar-refractivity contribution in [2.24, 2.45) is 0 Å². The molecule has 5 nitrogen and oxygen atoms in total. The second kappa shape index (κ2) is 6.15. The van der Waals surface area contributed by atoms with Gasteiger partial charge in [0.2, 0.25) is 0 Å². The zero-order valence-electron chi connectivity index (χ0n) is 8.54. The molecule has 1 unspecified atom stereocenters. The van der Waals surface area contributed by atoms with Gasteiger partial charge in [-0.05, 0) is 6.42 Å². The number of rotatable bonds is 5. The van der Waals surface area contributed by atoms with Crippen LogP contribution in [0.15, 0.2) is 0 Å². The van der Waals surface area contributed by atoms with E-state index in [1.54, 1.807) is 6.92 Å². The minimum absolute atomic E-state index is 0.198. The largest absolute Gasteiger partial charge is 0.480 e. The lowest BCUT2D eigenvalue weighted by atomic mass is 10.2. The van der Waals surface area contributed by atoms with Crippen molar-refractivity contribution in [2.75, 3.05) is 13.6 Å². The van der Waals surface area contributed by atoms with E-state index in [0.717, 1.165) is 4.90 Å². The molecule has 0 aromatic carbocycles. The second-order valence-electron chi connectivity index (χ2n) is 3.02. The van der Waals surface area contributed by atoms with Gasteiger partial charge in [0.15, 0.2) is 0 Å². The molecule has 0 heterocycles. The highest BCUT2D eigenvalue weighted by molar-refractivity contribution is 5.82. The van der Waals surface area contributed by atoms with E-state index in [1.807, 2.05) is 0 Å². The number of alkyl halides is 2. The summed E-state index contributed by atoms with van der Waals surface area (Å²) in [5.41, 5.74) is 0. The van der Waals surface area contributed by atoms with E-state index in [2.05, 4.69) is 5.32 Å². The van der Waals surface area contributed by atoms with Gasteiger partial charge in [-0.2, -0.15) is 0 Å². The highest BCUT2D eigenvalue weighted by Gasteiger charge is 2.21. The fourth-order valence-corrected chi connectivity index (χ4v) is 0.888. The Bertz CT molecular complexity index is 236. The molecule has 7 heteroatoms. The van der Waals surface area contributed by atoms with E-state index in [9.17, 15) is 18.4 Å². The molecule has 88 valence electrons. The minimum atomic E-state index is -2.63. The molecule has 0 fully saturated rings. The van der Waals surface area contributed by atoms with E-state index < -0.39 is 31.0 Å². The molecule has 0 bridgehead atoms. The average Bonchev–Trinajstić information content (AvgIpc) is 2.11. The maximum atomic E-state index is 11.9. The van der Waals surface area contributed by atoms with Crippen molar-refractivity contribution in [1.82, 2.24) is 10.2 Å². The Kier molecular flexibility index (Phi) is 5.58. The molecule has 1 atom stereocenters. The molecular weight excluding hydrogens is 210 g/mol. The summed E-state index contributed by atoms with van der Waals surface area (Å²) >= 11 is 0. The molecule has 0 aromatic rings. The van der Waals surface area contributed by atoms with Crippen molar-refractivity contribution in [2.45, 2.75) is 25.8 Å². The first-order chi connectivity index (χ1) is 6.88. The third kappa shape index (κ3) is 5.14. The predicted octanol–water partition coefficient (Wildman–Crippen LogP) is 0.756. The molecule has 0 spiro atoms. The van der Waals surface area contributed by atoms with E-state index in [4.69, 9.17) is 5.11 Å². The van der Waals surface area contributed by atoms with Crippen LogP contribution in [0.3, 0.4) is 0 Å². The maximum absolute atomic E-state index is 11.9. The molecule has 2 N–H and O–H groups in total. The molecule has 0 aromatic heterocycles. The first kappa shape index (κ1) is 13.6. The van der Waals surface area contributed by atoms with Gasteiger partial charge in [0, 0.05) is 7.05 Å². The molecule has 0 rings (SSSR count). The molecule has 0 aliphatic rings. The van der Waals surface area contributed by atoms with Crippen molar-refractivity contribution < 1.29 is 23.5 Å². The lowest BCUT2D eigenvalue weighted by Crippen LogP contribution is -2.47. The number of carboxylic acid groups (broad SMARTS) is 1. The van der Waals surface area contributed by atoms with Crippen LogP contribution in [-0.4, -0.2) is 48.1 Å². The van der Waals surface area contributed by atoms with Crippen LogP contribution in [0.2, 0.25) is 0 Å². The van der Waals surface area contributed by atoms with E-state index in [0.29, 0.717) is 0 Å². The minimum Gasteiger partial charge on any atom is -0.480 e. The van der Waals surface area contributed by atoms with Crippen molar-refractivity contribution in [1.29, 1.82) is 0 Å². The number of hydrogen-bond acceptors (Lipinski definition) is 2. The maximum Gasteiger partial charge on any atom is 0.326 e. The van der Waals surface area contributed by atoms with Gasteiger partial charge in [0.25, 0.3) is 6.43 Å². The summed E-state index contributed by atoms with van der Waals surface area (Å²) in [6.07, 6.45) is -2.44. The first-order valence-corrected chi connectivity index (χ1v) is 4.41. The zero-order valence-corrected chi connectivity index (χ0v) is 8.54. The van der Waals surface area contributed by atoms with Gasteiger partial charge >= 0.3 is 12.0 Å². The number of amides is 2. The van der Waals surface area contributed by atoms with Crippen molar-refractivity contribution in [3.8, 4) is 0 Å². The third-order valence-electron chi connectivity index (χ3n) is 1.76. The van der Waals surface area contributed by atoms with Crippen LogP contribution in [0.1, 0.15) is 13.3 Å². The standard InChI is InChI=1S/C8H14F2N2O3/c1-3-5(7(13)14)11-8(15)12(2)4-6(9)10/h5-6H,3-4H2,1-2H3,(H,11,15)(H,13,14). The predicted molar refractivity (Wildman–Crippen MR) is 48.9 cm³/mol. The topological polar surface area (TPSA) is 69.6 Å². The van der Waals surface area contributed by atoms with Gasteiger partial charge in [-0.3, -0.25) is 0 Å². The number of carbonyl (C=O) groups is 2. The Morgan fingerprint density at radius 1 is 1.47 bits per heavy atom. The quantitative estimate of drug-likeness (QED) is 0.724. The van der Waals surface area contributed by atoms with Crippen molar-refractivity contribution >= 4 is 12.0 Å². The SMILES string of the molecule is CCC(NC(=O)N(C)CC(F)F)C(=O)O. The summed E-state index contributed by atoms with van der Waals surface area (Å²) in [4.78, 5) is 22.4. The van der Waals surface area contributed by atoms with Gasteiger partial charge in [-0.25, -0.2) is 18.4 Å². The highest BCUT2D eigenvalue weighted by Crippen LogP contribution is 1.98. The van der Waals surface area contributed by atoms with Gasteiger partial charge in [0.05, 0.1) is 6.54 Å². The fraction of sp³-hybridized carbons (Fsp3) is 0.750. The smallest absolute Gasteiger partial charge is 0.326 e. The van der Waals surface area contributed by atoms with Gasteiger partial charge in [-0.15, -0.1) is 0 Å². The van der Waals surface area contributed by atoms with Gasteiger partial charge < -0.3 is 15.3 Å². The number of hydrogen-bond donors (Lipinski definition) is 2. The van der Waals surface area contributed by atoms with Crippen LogP contribution < -0.4 is 5.32 Å². The number of halogens is 2. The summed E-state index contributed by atoms with van der Waals surface area (Å²) in [6, 6.07) is -1.86. The third-order valence-corrected chi connectivity index (χ3v) is 1.76. The van der Waals surface area contributed by atoms with E-state index in [1.165, 1.54) is 7.05 Å². The number of carbonyl (C=O) groups excluding carboxylic acids is 1. The lowest BCUT2D eigenvalue weighted by molar-refractivity contribution is -0.139. The Morgan fingerprint density at radius 3 is 2.33 bits per heavy atom.